The van der Waals surface area contributed by atoms with E-state index in [1.165, 1.54) is 7.11 Å². The van der Waals surface area contributed by atoms with E-state index < -0.39 is 6.04 Å². The number of ether oxygens (including phenoxy) is 2. The minimum atomic E-state index is -0.419. The molecule has 1 atom stereocenters. The Kier molecular flexibility index (Phi) is 5.39. The van der Waals surface area contributed by atoms with Crippen molar-refractivity contribution in [3.63, 3.8) is 0 Å². The molecule has 25 heavy (non-hydrogen) atoms. The summed E-state index contributed by atoms with van der Waals surface area (Å²) in [5, 5.41) is 6.89. The zero-order valence-corrected chi connectivity index (χ0v) is 14.3. The molecule has 10 nitrogen and oxygen atoms in total. The number of nitrogens with one attached hydrogen (secondary N) is 1. The van der Waals surface area contributed by atoms with E-state index in [4.69, 9.17) is 9.47 Å². The minimum Gasteiger partial charge on any atom is -0.467 e. The summed E-state index contributed by atoms with van der Waals surface area (Å²) in [5.41, 5.74) is 0. The van der Waals surface area contributed by atoms with E-state index in [1.807, 2.05) is 4.90 Å². The highest BCUT2D eigenvalue weighted by Crippen LogP contribution is 2.14. The molecule has 10 heteroatoms. The van der Waals surface area contributed by atoms with Gasteiger partial charge in [0.05, 0.1) is 26.9 Å². The molecule has 3 rings (SSSR count). The van der Waals surface area contributed by atoms with Crippen molar-refractivity contribution in [1.29, 1.82) is 0 Å². The molecule has 0 unspecified atom stereocenters. The number of nitrogens with zero attached hydrogens (tertiary/aromatic N) is 6. The van der Waals surface area contributed by atoms with Crippen LogP contribution in [0.3, 0.4) is 0 Å². The monoisotopic (exact) mass is 347 g/mol. The van der Waals surface area contributed by atoms with Crippen molar-refractivity contribution in [3.05, 3.63) is 24.3 Å². The van der Waals surface area contributed by atoms with Crippen molar-refractivity contribution in [2.24, 2.45) is 0 Å². The van der Waals surface area contributed by atoms with Crippen LogP contribution in [0.5, 0.6) is 6.01 Å². The van der Waals surface area contributed by atoms with Crippen molar-refractivity contribution in [1.82, 2.24) is 30.0 Å². The van der Waals surface area contributed by atoms with Gasteiger partial charge in [-0.3, -0.25) is 9.48 Å². The Morgan fingerprint density at radius 2 is 2.16 bits per heavy atom. The van der Waals surface area contributed by atoms with Gasteiger partial charge in [0.25, 0.3) is 0 Å². The number of carbonyl (C=O) groups excluding carboxylic acids is 1. The number of morpholine rings is 1. The summed E-state index contributed by atoms with van der Waals surface area (Å²) in [6.45, 7) is 4.61. The van der Waals surface area contributed by atoms with Gasteiger partial charge in [0, 0.05) is 25.5 Å². The van der Waals surface area contributed by atoms with Crippen LogP contribution in [0.4, 0.5) is 5.95 Å². The third-order valence-corrected chi connectivity index (χ3v) is 3.85. The molecule has 1 N–H and O–H groups in total. The molecule has 1 amide bonds. The van der Waals surface area contributed by atoms with Gasteiger partial charge in [0.1, 0.15) is 6.04 Å². The van der Waals surface area contributed by atoms with Crippen LogP contribution in [-0.4, -0.2) is 64.1 Å². The first-order chi connectivity index (χ1) is 12.2. The van der Waals surface area contributed by atoms with Crippen LogP contribution in [0.15, 0.2) is 18.5 Å². The van der Waals surface area contributed by atoms with Gasteiger partial charge in [-0.25, -0.2) is 0 Å². The van der Waals surface area contributed by atoms with Gasteiger partial charge >= 0.3 is 6.01 Å². The average Bonchev–Trinajstić information content (AvgIpc) is 3.20. The highest BCUT2D eigenvalue weighted by Gasteiger charge is 2.18. The highest BCUT2D eigenvalue weighted by atomic mass is 16.5. The van der Waals surface area contributed by atoms with Gasteiger partial charge in [-0.15, -0.1) is 0 Å². The summed E-state index contributed by atoms with van der Waals surface area (Å²) in [6, 6.07) is 1.58. The summed E-state index contributed by atoms with van der Waals surface area (Å²) in [7, 11) is 1.50. The average molecular weight is 347 g/mol. The normalized spacial score (nSPS) is 15.7. The molecule has 0 bridgehead atoms. The molecule has 1 saturated heterocycles. The lowest BCUT2D eigenvalue weighted by Gasteiger charge is -2.26. The van der Waals surface area contributed by atoms with Gasteiger partial charge in [-0.2, -0.15) is 20.1 Å². The Balaban J connectivity index is 1.67. The lowest BCUT2D eigenvalue weighted by molar-refractivity contribution is -0.124. The van der Waals surface area contributed by atoms with Gasteiger partial charge in [-0.05, 0) is 13.0 Å². The van der Waals surface area contributed by atoms with Gasteiger partial charge in [-0.1, -0.05) is 0 Å². The number of amides is 1. The second-order valence-corrected chi connectivity index (χ2v) is 5.52. The molecule has 3 heterocycles. The van der Waals surface area contributed by atoms with Crippen LogP contribution < -0.4 is 15.0 Å². The van der Waals surface area contributed by atoms with Crippen molar-refractivity contribution in [3.8, 4) is 6.01 Å². The SMILES string of the molecule is COc1nc(CNC(=O)[C@H](C)n2cccn2)nc(N2CCOCC2)n1. The third-order valence-electron chi connectivity index (χ3n) is 3.85. The third kappa shape index (κ3) is 4.21. The molecule has 134 valence electrons. The Morgan fingerprint density at radius 1 is 1.36 bits per heavy atom. The van der Waals surface area contributed by atoms with Crippen LogP contribution in [0.2, 0.25) is 0 Å². The van der Waals surface area contributed by atoms with Crippen molar-refractivity contribution < 1.29 is 14.3 Å². The molecule has 0 spiro atoms. The highest BCUT2D eigenvalue weighted by molar-refractivity contribution is 5.79. The first-order valence-corrected chi connectivity index (χ1v) is 8.06. The van der Waals surface area contributed by atoms with E-state index in [0.717, 1.165) is 0 Å². The molecular weight excluding hydrogens is 326 g/mol. The fraction of sp³-hybridized carbons (Fsp3) is 0.533. The number of aromatic nitrogens is 5. The zero-order chi connectivity index (χ0) is 17.6. The van der Waals surface area contributed by atoms with E-state index in [2.05, 4.69) is 25.4 Å². The quantitative estimate of drug-likeness (QED) is 0.765. The Labute approximate surface area is 145 Å². The number of carbonyl (C=O) groups is 1. The molecule has 0 radical (unpaired) electrons. The number of hydrogen-bond acceptors (Lipinski definition) is 8. The van der Waals surface area contributed by atoms with Gasteiger partial charge in [0.2, 0.25) is 11.9 Å². The van der Waals surface area contributed by atoms with Crippen LogP contribution in [0.1, 0.15) is 18.8 Å². The second-order valence-electron chi connectivity index (χ2n) is 5.52. The largest absolute Gasteiger partial charge is 0.467 e. The number of methoxy groups -OCH3 is 1. The fourth-order valence-corrected chi connectivity index (χ4v) is 2.41. The zero-order valence-electron chi connectivity index (χ0n) is 14.3. The van der Waals surface area contributed by atoms with Crippen molar-refractivity contribution in [2.45, 2.75) is 19.5 Å². The second kappa shape index (κ2) is 7.88. The summed E-state index contributed by atoms with van der Waals surface area (Å²) in [4.78, 5) is 27.2. The van der Waals surface area contributed by atoms with Crippen LogP contribution in [-0.2, 0) is 16.1 Å². The van der Waals surface area contributed by atoms with Crippen molar-refractivity contribution >= 4 is 11.9 Å². The maximum absolute atomic E-state index is 12.3. The first kappa shape index (κ1) is 17.1. The first-order valence-electron chi connectivity index (χ1n) is 8.06. The van der Waals surface area contributed by atoms with E-state index in [9.17, 15) is 4.79 Å². The lowest BCUT2D eigenvalue weighted by Crippen LogP contribution is -2.38. The standard InChI is InChI=1S/C15H21N7O3/c1-11(22-5-3-4-17-22)13(23)16-10-12-18-14(20-15(19-12)24-2)21-6-8-25-9-7-21/h3-5,11H,6-10H2,1-2H3,(H,16,23)/t11-/m0/s1. The van der Waals surface area contributed by atoms with Crippen LogP contribution >= 0.6 is 0 Å². The van der Waals surface area contributed by atoms with E-state index in [1.54, 1.807) is 30.1 Å². The predicted molar refractivity (Wildman–Crippen MR) is 88.2 cm³/mol. The molecule has 1 aliphatic heterocycles. The Morgan fingerprint density at radius 3 is 2.84 bits per heavy atom. The molecular formula is C15H21N7O3. The van der Waals surface area contributed by atoms with Gasteiger partial charge in [0.15, 0.2) is 5.82 Å². The number of anilines is 1. The fourth-order valence-electron chi connectivity index (χ4n) is 2.41. The topological polar surface area (TPSA) is 107 Å². The maximum Gasteiger partial charge on any atom is 0.321 e. The Bertz CT molecular complexity index is 701. The summed E-state index contributed by atoms with van der Waals surface area (Å²) < 4.78 is 12.1. The smallest absolute Gasteiger partial charge is 0.321 e. The summed E-state index contributed by atoms with van der Waals surface area (Å²) >= 11 is 0. The molecule has 1 fully saturated rings. The predicted octanol–water partition coefficient (Wildman–Crippen LogP) is -0.209. The molecule has 0 saturated carbocycles. The maximum atomic E-state index is 12.3. The minimum absolute atomic E-state index is 0.170. The van der Waals surface area contributed by atoms with Gasteiger partial charge < -0.3 is 19.7 Å². The molecule has 2 aromatic rings. The molecule has 0 aliphatic carbocycles. The van der Waals surface area contributed by atoms with E-state index >= 15 is 0 Å². The molecule has 0 aromatic carbocycles. The van der Waals surface area contributed by atoms with E-state index in [0.29, 0.717) is 38.1 Å². The molecule has 2 aromatic heterocycles. The van der Waals surface area contributed by atoms with Crippen LogP contribution in [0.25, 0.3) is 0 Å². The number of rotatable bonds is 6. The lowest BCUT2D eigenvalue weighted by atomic mass is 10.3. The molecule has 1 aliphatic rings. The number of hydrogen-bond donors (Lipinski definition) is 1. The summed E-state index contributed by atoms with van der Waals surface area (Å²) in [5.74, 6) is 0.796. The summed E-state index contributed by atoms with van der Waals surface area (Å²) in [6.07, 6.45) is 3.38. The van der Waals surface area contributed by atoms with Crippen LogP contribution in [0, 0.1) is 0 Å². The Hall–Kier alpha value is -2.75. The van der Waals surface area contributed by atoms with Crippen molar-refractivity contribution in [2.75, 3.05) is 38.3 Å². The van der Waals surface area contributed by atoms with E-state index in [-0.39, 0.29) is 18.5 Å².